The summed E-state index contributed by atoms with van der Waals surface area (Å²) in [5.74, 6) is -0.344. The molecule has 0 saturated carbocycles. The number of aliphatic hydroxyl groups is 1. The highest BCUT2D eigenvalue weighted by molar-refractivity contribution is 5.86. The Labute approximate surface area is 223 Å². The molecule has 3 aromatic carbocycles. The largest absolute Gasteiger partial charge is 0.462 e. The molecule has 0 bridgehead atoms. The van der Waals surface area contributed by atoms with Gasteiger partial charge in [0.1, 0.15) is 0 Å². The zero-order valence-corrected chi connectivity index (χ0v) is 22.8. The molecule has 37 heavy (non-hydrogen) atoms. The van der Waals surface area contributed by atoms with Gasteiger partial charge in [0.25, 0.3) is 0 Å². The molecule has 0 radical (unpaired) electrons. The Morgan fingerprint density at radius 2 is 1.49 bits per heavy atom. The number of esters is 1. The van der Waals surface area contributed by atoms with E-state index in [1.165, 1.54) is 58.2 Å². The predicted molar refractivity (Wildman–Crippen MR) is 155 cm³/mol. The summed E-state index contributed by atoms with van der Waals surface area (Å²) >= 11 is 0. The topological polar surface area (TPSA) is 46.5 Å². The van der Waals surface area contributed by atoms with Crippen molar-refractivity contribution >= 4 is 5.97 Å². The molecule has 3 aromatic rings. The van der Waals surface area contributed by atoms with Gasteiger partial charge in [0.05, 0.1) is 6.61 Å². The number of carbonyl (C=O) groups excluding carboxylic acids is 1. The lowest BCUT2D eigenvalue weighted by molar-refractivity contribution is -0.139. The van der Waals surface area contributed by atoms with Gasteiger partial charge in [-0.2, -0.15) is 0 Å². The smallest absolute Gasteiger partial charge is 0.333 e. The van der Waals surface area contributed by atoms with E-state index in [0.29, 0.717) is 18.6 Å². The van der Waals surface area contributed by atoms with Gasteiger partial charge in [0, 0.05) is 12.2 Å². The number of hydrogen-bond acceptors (Lipinski definition) is 3. The van der Waals surface area contributed by atoms with Crippen molar-refractivity contribution in [3.05, 3.63) is 95.1 Å². The average molecular weight is 499 g/mol. The van der Waals surface area contributed by atoms with E-state index in [2.05, 4.69) is 81.1 Å². The second-order valence-corrected chi connectivity index (χ2v) is 9.86. The minimum absolute atomic E-state index is 0.114. The summed E-state index contributed by atoms with van der Waals surface area (Å²) in [4.78, 5) is 11.7. The van der Waals surface area contributed by atoms with Crippen LogP contribution in [0.25, 0.3) is 22.3 Å². The van der Waals surface area contributed by atoms with Gasteiger partial charge in [-0.25, -0.2) is 4.79 Å². The first-order chi connectivity index (χ1) is 18.0. The third kappa shape index (κ3) is 8.16. The second-order valence-electron chi connectivity index (χ2n) is 9.86. The standard InChI is InChI=1S/C34H42O3/c1-5-7-8-10-26-12-14-28(15-13-26)31-18-19-33(27(6-2)23-31)32-17-16-29(20-21-35)30(24-32)11-9-22-37-34(36)25(3)4/h12-19,23-24,35H,3,5-11,20-22H2,1-2,4H3. The molecule has 3 nitrogen and oxygen atoms in total. The Kier molecular flexibility index (Phi) is 11.2. The van der Waals surface area contributed by atoms with E-state index in [1.54, 1.807) is 6.92 Å². The van der Waals surface area contributed by atoms with E-state index in [9.17, 15) is 9.90 Å². The highest BCUT2D eigenvalue weighted by Gasteiger charge is 2.11. The first-order valence-corrected chi connectivity index (χ1v) is 13.7. The molecule has 0 amide bonds. The molecule has 0 unspecified atom stereocenters. The van der Waals surface area contributed by atoms with E-state index in [-0.39, 0.29) is 12.6 Å². The Bertz CT molecular complexity index is 1170. The summed E-state index contributed by atoms with van der Waals surface area (Å²) in [5, 5.41) is 9.55. The molecule has 0 aliphatic rings. The van der Waals surface area contributed by atoms with Crippen LogP contribution < -0.4 is 0 Å². The highest BCUT2D eigenvalue weighted by Crippen LogP contribution is 2.31. The summed E-state index contributed by atoms with van der Waals surface area (Å²) < 4.78 is 5.28. The maximum absolute atomic E-state index is 11.7. The fraction of sp³-hybridized carbons (Fsp3) is 0.382. The van der Waals surface area contributed by atoms with E-state index in [1.807, 2.05) is 0 Å². The predicted octanol–water partition coefficient (Wildman–Crippen LogP) is 7.90. The maximum Gasteiger partial charge on any atom is 0.333 e. The molecule has 1 N–H and O–H groups in total. The van der Waals surface area contributed by atoms with Crippen molar-refractivity contribution in [2.75, 3.05) is 13.2 Å². The quantitative estimate of drug-likeness (QED) is 0.140. The first kappa shape index (κ1) is 28.4. The van der Waals surface area contributed by atoms with Crippen LogP contribution in [-0.4, -0.2) is 24.3 Å². The molecule has 0 aliphatic heterocycles. The maximum atomic E-state index is 11.7. The number of carbonyl (C=O) groups is 1. The van der Waals surface area contributed by atoms with Crippen molar-refractivity contribution in [1.82, 2.24) is 0 Å². The number of benzene rings is 3. The van der Waals surface area contributed by atoms with Gasteiger partial charge in [0.15, 0.2) is 0 Å². The Balaban J connectivity index is 1.79. The summed E-state index contributed by atoms with van der Waals surface area (Å²) in [6.45, 7) is 10.2. The summed E-state index contributed by atoms with van der Waals surface area (Å²) in [6, 6.07) is 22.3. The van der Waals surface area contributed by atoms with Crippen LogP contribution in [0.3, 0.4) is 0 Å². The third-order valence-corrected chi connectivity index (χ3v) is 6.91. The van der Waals surface area contributed by atoms with Crippen LogP contribution in [0.1, 0.15) is 68.7 Å². The first-order valence-electron chi connectivity index (χ1n) is 13.7. The van der Waals surface area contributed by atoms with Crippen LogP contribution in [0, 0.1) is 0 Å². The number of aliphatic hydroxyl groups excluding tert-OH is 1. The van der Waals surface area contributed by atoms with E-state index in [4.69, 9.17) is 4.74 Å². The monoisotopic (exact) mass is 498 g/mol. The van der Waals surface area contributed by atoms with Crippen molar-refractivity contribution in [3.8, 4) is 22.3 Å². The Morgan fingerprint density at radius 1 is 0.784 bits per heavy atom. The van der Waals surface area contributed by atoms with Gasteiger partial charge < -0.3 is 9.84 Å². The van der Waals surface area contributed by atoms with E-state index < -0.39 is 0 Å². The zero-order valence-electron chi connectivity index (χ0n) is 22.8. The minimum Gasteiger partial charge on any atom is -0.462 e. The van der Waals surface area contributed by atoms with Gasteiger partial charge >= 0.3 is 5.97 Å². The number of hydrogen-bond donors (Lipinski definition) is 1. The second kappa shape index (κ2) is 14.5. The van der Waals surface area contributed by atoms with Crippen LogP contribution in [0.2, 0.25) is 0 Å². The van der Waals surface area contributed by atoms with Crippen LogP contribution >= 0.6 is 0 Å². The minimum atomic E-state index is -0.344. The van der Waals surface area contributed by atoms with Gasteiger partial charge in [-0.05, 0) is 90.0 Å². The van der Waals surface area contributed by atoms with Crippen molar-refractivity contribution in [2.24, 2.45) is 0 Å². The van der Waals surface area contributed by atoms with E-state index >= 15 is 0 Å². The number of unbranched alkanes of at least 4 members (excludes halogenated alkanes) is 2. The van der Waals surface area contributed by atoms with E-state index in [0.717, 1.165) is 31.2 Å². The van der Waals surface area contributed by atoms with Crippen LogP contribution in [-0.2, 0) is 35.2 Å². The molecular formula is C34H42O3. The van der Waals surface area contributed by atoms with Gasteiger partial charge in [0.2, 0.25) is 0 Å². The zero-order chi connectivity index (χ0) is 26.6. The summed E-state index contributed by atoms with van der Waals surface area (Å²) in [6.07, 6.45) is 8.03. The molecule has 0 saturated heterocycles. The van der Waals surface area contributed by atoms with Gasteiger partial charge in [-0.1, -0.05) is 93.9 Å². The summed E-state index contributed by atoms with van der Waals surface area (Å²) in [7, 11) is 0. The molecule has 0 atom stereocenters. The van der Waals surface area contributed by atoms with Crippen molar-refractivity contribution < 1.29 is 14.6 Å². The van der Waals surface area contributed by atoms with Crippen molar-refractivity contribution in [3.63, 3.8) is 0 Å². The van der Waals surface area contributed by atoms with Crippen LogP contribution in [0.15, 0.2) is 72.8 Å². The number of aryl methyl sites for hydroxylation is 3. The van der Waals surface area contributed by atoms with Gasteiger partial charge in [-0.3, -0.25) is 0 Å². The lowest BCUT2D eigenvalue weighted by atomic mass is 9.90. The average Bonchev–Trinajstić information content (AvgIpc) is 2.92. The lowest BCUT2D eigenvalue weighted by Crippen LogP contribution is -2.07. The van der Waals surface area contributed by atoms with Gasteiger partial charge in [-0.15, -0.1) is 0 Å². The normalized spacial score (nSPS) is 10.9. The fourth-order valence-electron chi connectivity index (χ4n) is 4.73. The molecule has 0 aromatic heterocycles. The molecule has 3 rings (SSSR count). The van der Waals surface area contributed by atoms with Crippen LogP contribution in [0.4, 0.5) is 0 Å². The Morgan fingerprint density at radius 3 is 2.16 bits per heavy atom. The third-order valence-electron chi connectivity index (χ3n) is 6.91. The van der Waals surface area contributed by atoms with Crippen molar-refractivity contribution in [2.45, 2.75) is 72.1 Å². The Hall–Kier alpha value is -3.17. The van der Waals surface area contributed by atoms with Crippen LogP contribution in [0.5, 0.6) is 0 Å². The molecule has 196 valence electrons. The fourth-order valence-corrected chi connectivity index (χ4v) is 4.73. The molecule has 0 spiro atoms. The number of rotatable bonds is 14. The molecule has 0 heterocycles. The molecule has 3 heteroatoms. The molecular weight excluding hydrogens is 456 g/mol. The summed E-state index contributed by atoms with van der Waals surface area (Å²) in [5.41, 5.74) is 10.4. The molecule has 0 aliphatic carbocycles. The number of ether oxygens (including phenoxy) is 1. The lowest BCUT2D eigenvalue weighted by Gasteiger charge is -2.15. The molecule has 0 fully saturated rings. The van der Waals surface area contributed by atoms with Crippen molar-refractivity contribution in [1.29, 1.82) is 0 Å². The highest BCUT2D eigenvalue weighted by atomic mass is 16.5. The SMILES string of the molecule is C=C(C)C(=O)OCCCc1cc(-c2ccc(-c3ccc(CCCCC)cc3)cc2CC)ccc1CCO.